The van der Waals surface area contributed by atoms with Crippen molar-refractivity contribution in [2.75, 3.05) is 0 Å². The first kappa shape index (κ1) is 9.46. The van der Waals surface area contributed by atoms with Crippen LogP contribution < -0.4 is 0 Å². The predicted molar refractivity (Wildman–Crippen MR) is 41.1 cm³/mol. The molecule has 0 aliphatic carbocycles. The second-order valence-corrected chi connectivity index (χ2v) is 1.84. The van der Waals surface area contributed by atoms with E-state index in [-0.39, 0.29) is 19.0 Å². The monoisotopic (exact) mass is 162 g/mol. The van der Waals surface area contributed by atoms with Crippen LogP contribution in [0, 0.1) is 0 Å². The van der Waals surface area contributed by atoms with Crippen molar-refractivity contribution in [3.05, 3.63) is 17.7 Å². The lowest BCUT2D eigenvalue weighted by atomic mass is 10.3. The average molecular weight is 163 g/mol. The molecule has 0 aliphatic rings. The SMILES string of the molecule is CCc1[nH]cnc1CO.Cl. The lowest BCUT2D eigenvalue weighted by Crippen LogP contribution is -1.89. The minimum atomic E-state index is 0. The lowest BCUT2D eigenvalue weighted by molar-refractivity contribution is 0.276. The maximum absolute atomic E-state index is 8.66. The molecule has 1 rings (SSSR count). The van der Waals surface area contributed by atoms with Gasteiger partial charge in [-0.25, -0.2) is 4.98 Å². The third-order valence-corrected chi connectivity index (χ3v) is 1.31. The van der Waals surface area contributed by atoms with E-state index in [1.807, 2.05) is 6.92 Å². The molecule has 0 amide bonds. The molecule has 10 heavy (non-hydrogen) atoms. The number of hydrogen-bond acceptors (Lipinski definition) is 2. The number of hydrogen-bond donors (Lipinski definition) is 2. The van der Waals surface area contributed by atoms with Crippen LogP contribution in [0.4, 0.5) is 0 Å². The number of nitrogens with one attached hydrogen (secondary N) is 1. The number of aliphatic hydroxyl groups is 1. The quantitative estimate of drug-likeness (QED) is 0.679. The Bertz CT molecular complexity index is 169. The van der Waals surface area contributed by atoms with Gasteiger partial charge in [-0.15, -0.1) is 12.4 Å². The molecular formula is C6H11ClN2O. The van der Waals surface area contributed by atoms with Crippen molar-refractivity contribution >= 4 is 12.4 Å². The Morgan fingerprint density at radius 3 is 2.80 bits per heavy atom. The van der Waals surface area contributed by atoms with Gasteiger partial charge in [-0.3, -0.25) is 0 Å². The van der Waals surface area contributed by atoms with Crippen molar-refractivity contribution in [3.63, 3.8) is 0 Å². The lowest BCUT2D eigenvalue weighted by Gasteiger charge is -1.91. The maximum atomic E-state index is 8.66. The summed E-state index contributed by atoms with van der Waals surface area (Å²) in [7, 11) is 0. The van der Waals surface area contributed by atoms with Crippen LogP contribution in [0.15, 0.2) is 6.33 Å². The molecule has 0 atom stereocenters. The molecule has 0 bridgehead atoms. The van der Waals surface area contributed by atoms with Gasteiger partial charge in [0.05, 0.1) is 18.6 Å². The van der Waals surface area contributed by atoms with Crippen LogP contribution >= 0.6 is 12.4 Å². The number of rotatable bonds is 2. The van der Waals surface area contributed by atoms with Gasteiger partial charge in [0.1, 0.15) is 0 Å². The van der Waals surface area contributed by atoms with Gasteiger partial charge in [-0.05, 0) is 6.42 Å². The third kappa shape index (κ3) is 1.72. The summed E-state index contributed by atoms with van der Waals surface area (Å²) in [6.45, 7) is 2.05. The summed E-state index contributed by atoms with van der Waals surface area (Å²) in [5, 5.41) is 8.66. The summed E-state index contributed by atoms with van der Waals surface area (Å²) >= 11 is 0. The van der Waals surface area contributed by atoms with Gasteiger partial charge in [0.15, 0.2) is 0 Å². The molecule has 0 saturated carbocycles. The first-order chi connectivity index (χ1) is 4.38. The minimum Gasteiger partial charge on any atom is -0.390 e. The van der Waals surface area contributed by atoms with Crippen molar-refractivity contribution in [2.24, 2.45) is 0 Å². The van der Waals surface area contributed by atoms with E-state index in [4.69, 9.17) is 5.11 Å². The molecule has 0 unspecified atom stereocenters. The van der Waals surface area contributed by atoms with Crippen molar-refractivity contribution in [1.29, 1.82) is 0 Å². The van der Waals surface area contributed by atoms with Gasteiger partial charge >= 0.3 is 0 Å². The molecule has 0 fully saturated rings. The summed E-state index contributed by atoms with van der Waals surface area (Å²) in [6.07, 6.45) is 2.50. The molecule has 0 radical (unpaired) electrons. The fourth-order valence-electron chi connectivity index (χ4n) is 0.792. The Kier molecular flexibility index (Phi) is 4.07. The highest BCUT2D eigenvalue weighted by Gasteiger charge is 1.98. The molecule has 0 saturated heterocycles. The van der Waals surface area contributed by atoms with E-state index in [1.165, 1.54) is 0 Å². The molecule has 0 aromatic carbocycles. The molecule has 0 spiro atoms. The number of aliphatic hydroxyl groups excluding tert-OH is 1. The predicted octanol–water partition coefficient (Wildman–Crippen LogP) is 0.886. The summed E-state index contributed by atoms with van der Waals surface area (Å²) in [5.41, 5.74) is 1.79. The van der Waals surface area contributed by atoms with E-state index in [0.29, 0.717) is 0 Å². The number of nitrogens with zero attached hydrogens (tertiary/aromatic N) is 1. The van der Waals surface area contributed by atoms with Crippen molar-refractivity contribution in [1.82, 2.24) is 9.97 Å². The zero-order chi connectivity index (χ0) is 6.69. The van der Waals surface area contributed by atoms with Crippen molar-refractivity contribution < 1.29 is 5.11 Å². The van der Waals surface area contributed by atoms with E-state index in [0.717, 1.165) is 17.8 Å². The topological polar surface area (TPSA) is 48.9 Å². The van der Waals surface area contributed by atoms with Gasteiger partial charge in [-0.1, -0.05) is 6.92 Å². The van der Waals surface area contributed by atoms with Gasteiger partial charge in [0.25, 0.3) is 0 Å². The van der Waals surface area contributed by atoms with E-state index in [9.17, 15) is 0 Å². The normalized spacial score (nSPS) is 9.00. The molecule has 2 N–H and O–H groups in total. The number of aryl methyl sites for hydroxylation is 1. The van der Waals surface area contributed by atoms with Gasteiger partial charge in [0.2, 0.25) is 0 Å². The average Bonchev–Trinajstić information content (AvgIpc) is 2.33. The summed E-state index contributed by atoms with van der Waals surface area (Å²) in [6, 6.07) is 0. The molecule has 58 valence electrons. The number of H-pyrrole nitrogens is 1. The van der Waals surface area contributed by atoms with Gasteiger partial charge < -0.3 is 10.1 Å². The van der Waals surface area contributed by atoms with Gasteiger partial charge in [-0.2, -0.15) is 0 Å². The highest BCUT2D eigenvalue weighted by molar-refractivity contribution is 5.85. The Hall–Kier alpha value is -0.540. The second-order valence-electron chi connectivity index (χ2n) is 1.84. The molecule has 1 heterocycles. The van der Waals surface area contributed by atoms with Gasteiger partial charge in [0, 0.05) is 5.69 Å². The Labute approximate surface area is 65.9 Å². The highest BCUT2D eigenvalue weighted by atomic mass is 35.5. The fourth-order valence-corrected chi connectivity index (χ4v) is 0.792. The molecular weight excluding hydrogens is 152 g/mol. The van der Waals surface area contributed by atoms with Crippen LogP contribution in [-0.2, 0) is 13.0 Å². The zero-order valence-electron chi connectivity index (χ0n) is 5.79. The largest absolute Gasteiger partial charge is 0.390 e. The van der Waals surface area contributed by atoms with Crippen LogP contribution in [0.3, 0.4) is 0 Å². The molecule has 0 aliphatic heterocycles. The summed E-state index contributed by atoms with van der Waals surface area (Å²) in [4.78, 5) is 6.84. The Morgan fingerprint density at radius 1 is 1.70 bits per heavy atom. The Balaban J connectivity index is 0.000000810. The maximum Gasteiger partial charge on any atom is 0.0926 e. The van der Waals surface area contributed by atoms with E-state index in [2.05, 4.69) is 9.97 Å². The van der Waals surface area contributed by atoms with E-state index >= 15 is 0 Å². The zero-order valence-corrected chi connectivity index (χ0v) is 6.61. The number of imidazole rings is 1. The summed E-state index contributed by atoms with van der Waals surface area (Å²) < 4.78 is 0. The summed E-state index contributed by atoms with van der Waals surface area (Å²) in [5.74, 6) is 0. The standard InChI is InChI=1S/C6H10N2O.ClH/c1-2-5-6(3-9)8-4-7-5;/h4,9H,2-3H2,1H3,(H,7,8);1H. The second kappa shape index (κ2) is 4.30. The van der Waals surface area contributed by atoms with Crippen LogP contribution in [0.1, 0.15) is 18.3 Å². The first-order valence-corrected chi connectivity index (χ1v) is 3.00. The van der Waals surface area contributed by atoms with Crippen molar-refractivity contribution in [3.8, 4) is 0 Å². The number of aromatic amines is 1. The van der Waals surface area contributed by atoms with E-state index in [1.54, 1.807) is 6.33 Å². The molecule has 1 aromatic heterocycles. The van der Waals surface area contributed by atoms with Crippen LogP contribution in [0.5, 0.6) is 0 Å². The van der Waals surface area contributed by atoms with Crippen LogP contribution in [0.25, 0.3) is 0 Å². The van der Waals surface area contributed by atoms with Crippen molar-refractivity contribution in [2.45, 2.75) is 20.0 Å². The number of halogens is 1. The molecule has 4 heteroatoms. The fraction of sp³-hybridized carbons (Fsp3) is 0.500. The smallest absolute Gasteiger partial charge is 0.0926 e. The number of aromatic nitrogens is 2. The molecule has 1 aromatic rings. The first-order valence-electron chi connectivity index (χ1n) is 3.00. The molecule has 3 nitrogen and oxygen atoms in total. The van der Waals surface area contributed by atoms with Crippen LogP contribution in [-0.4, -0.2) is 15.1 Å². The Morgan fingerprint density at radius 2 is 2.40 bits per heavy atom. The highest BCUT2D eigenvalue weighted by Crippen LogP contribution is 2.01. The van der Waals surface area contributed by atoms with Crippen LogP contribution in [0.2, 0.25) is 0 Å². The van der Waals surface area contributed by atoms with E-state index < -0.39 is 0 Å². The third-order valence-electron chi connectivity index (χ3n) is 1.31. The minimum absolute atomic E-state index is 0.